The van der Waals surface area contributed by atoms with Gasteiger partial charge in [-0.05, 0) is 31.1 Å². The van der Waals surface area contributed by atoms with Crippen molar-refractivity contribution in [2.45, 2.75) is 18.9 Å². The van der Waals surface area contributed by atoms with Crippen LogP contribution in [0, 0.1) is 0 Å². The van der Waals surface area contributed by atoms with Crippen molar-refractivity contribution in [1.29, 1.82) is 0 Å². The summed E-state index contributed by atoms with van der Waals surface area (Å²) in [4.78, 5) is 38.6. The maximum atomic E-state index is 12.1. The van der Waals surface area contributed by atoms with E-state index in [9.17, 15) is 14.4 Å². The molecule has 0 bridgehead atoms. The summed E-state index contributed by atoms with van der Waals surface area (Å²) in [6.45, 7) is 1.10. The van der Waals surface area contributed by atoms with Crippen molar-refractivity contribution in [1.82, 2.24) is 9.80 Å². The second kappa shape index (κ2) is 6.39. The van der Waals surface area contributed by atoms with Crippen molar-refractivity contribution in [3.63, 3.8) is 0 Å². The third-order valence-electron chi connectivity index (χ3n) is 3.86. The van der Waals surface area contributed by atoms with E-state index < -0.39 is 0 Å². The van der Waals surface area contributed by atoms with Crippen LogP contribution in [0.5, 0.6) is 0 Å². The molecule has 1 aromatic heterocycles. The van der Waals surface area contributed by atoms with Crippen LogP contribution in [0.15, 0.2) is 28.9 Å². The van der Waals surface area contributed by atoms with E-state index in [4.69, 9.17) is 4.42 Å². The summed E-state index contributed by atoms with van der Waals surface area (Å²) in [7, 11) is 0. The highest BCUT2D eigenvalue weighted by molar-refractivity contribution is 8.14. The van der Waals surface area contributed by atoms with Crippen LogP contribution in [0.3, 0.4) is 0 Å². The molecule has 6 nitrogen and oxygen atoms in total. The number of thioether (sulfide) groups is 1. The molecule has 0 unspecified atom stereocenters. The van der Waals surface area contributed by atoms with Gasteiger partial charge < -0.3 is 9.32 Å². The number of carbonyl (C=O) groups excluding carboxylic acids is 3. The first-order chi connectivity index (χ1) is 10.6. The molecule has 0 atom stereocenters. The molecule has 0 radical (unpaired) electrons. The van der Waals surface area contributed by atoms with Gasteiger partial charge >= 0.3 is 0 Å². The SMILES string of the molecule is O=C(C=Cc1ccco1)N1CCC(N2C(=O)CSC2=O)CC1. The molecule has 2 aliphatic rings. The Kier molecular flexibility index (Phi) is 4.33. The summed E-state index contributed by atoms with van der Waals surface area (Å²) in [6.07, 6.45) is 5.95. The van der Waals surface area contributed by atoms with Crippen LogP contribution in [0.25, 0.3) is 6.08 Å². The van der Waals surface area contributed by atoms with E-state index in [2.05, 4.69) is 0 Å². The average molecular weight is 320 g/mol. The zero-order chi connectivity index (χ0) is 15.5. The van der Waals surface area contributed by atoms with Crippen molar-refractivity contribution in [3.05, 3.63) is 30.2 Å². The molecule has 22 heavy (non-hydrogen) atoms. The zero-order valence-corrected chi connectivity index (χ0v) is 12.8. The molecule has 2 aliphatic heterocycles. The van der Waals surface area contributed by atoms with Crippen molar-refractivity contribution < 1.29 is 18.8 Å². The maximum Gasteiger partial charge on any atom is 0.289 e. The molecule has 1 aromatic rings. The first-order valence-electron chi connectivity index (χ1n) is 7.14. The van der Waals surface area contributed by atoms with Gasteiger partial charge in [-0.2, -0.15) is 0 Å². The molecular formula is C15H16N2O4S. The molecule has 2 fully saturated rings. The standard InChI is InChI=1S/C15H16N2O4S/c18-13(4-3-12-2-1-9-21-12)16-7-5-11(6-8-16)17-14(19)10-22-15(17)20/h1-4,9,11H,5-8,10H2. The number of amides is 3. The summed E-state index contributed by atoms with van der Waals surface area (Å²) < 4.78 is 5.14. The Morgan fingerprint density at radius 2 is 2.09 bits per heavy atom. The minimum absolute atomic E-state index is 0.0758. The summed E-state index contributed by atoms with van der Waals surface area (Å²) in [6, 6.07) is 3.46. The number of hydrogen-bond donors (Lipinski definition) is 0. The van der Waals surface area contributed by atoms with Gasteiger partial charge in [-0.25, -0.2) is 0 Å². The van der Waals surface area contributed by atoms with Crippen molar-refractivity contribution >= 4 is 34.9 Å². The average Bonchev–Trinajstić information content (AvgIpc) is 3.15. The van der Waals surface area contributed by atoms with Gasteiger partial charge in [0.2, 0.25) is 11.8 Å². The van der Waals surface area contributed by atoms with Gasteiger partial charge in [-0.15, -0.1) is 0 Å². The lowest BCUT2D eigenvalue weighted by Crippen LogP contribution is -2.48. The number of likely N-dealkylation sites (tertiary alicyclic amines) is 1. The van der Waals surface area contributed by atoms with Crippen molar-refractivity contribution in [3.8, 4) is 0 Å². The number of carbonyl (C=O) groups is 3. The summed E-state index contributed by atoms with van der Waals surface area (Å²) >= 11 is 1.06. The van der Waals surface area contributed by atoms with Gasteiger partial charge in [0, 0.05) is 25.2 Å². The molecule has 3 amide bonds. The molecule has 0 aliphatic carbocycles. The maximum absolute atomic E-state index is 12.1. The van der Waals surface area contributed by atoms with Gasteiger partial charge in [-0.1, -0.05) is 11.8 Å². The molecule has 0 saturated carbocycles. The van der Waals surface area contributed by atoms with Crippen LogP contribution >= 0.6 is 11.8 Å². The van der Waals surface area contributed by atoms with Gasteiger partial charge in [0.05, 0.1) is 12.0 Å². The number of imide groups is 1. The monoisotopic (exact) mass is 320 g/mol. The highest BCUT2D eigenvalue weighted by atomic mass is 32.2. The second-order valence-electron chi connectivity index (χ2n) is 5.22. The predicted molar refractivity (Wildman–Crippen MR) is 82.0 cm³/mol. The molecule has 0 N–H and O–H groups in total. The summed E-state index contributed by atoms with van der Waals surface area (Å²) in [5.41, 5.74) is 0. The molecule has 116 valence electrons. The summed E-state index contributed by atoms with van der Waals surface area (Å²) in [5, 5.41) is -0.160. The smallest absolute Gasteiger partial charge is 0.289 e. The fourth-order valence-corrected chi connectivity index (χ4v) is 3.48. The van der Waals surface area contributed by atoms with E-state index in [-0.39, 0.29) is 28.8 Å². The Labute approximate surface area is 132 Å². The second-order valence-corrected chi connectivity index (χ2v) is 6.15. The lowest BCUT2D eigenvalue weighted by Gasteiger charge is -2.34. The Balaban J connectivity index is 1.54. The lowest BCUT2D eigenvalue weighted by molar-refractivity contribution is -0.129. The Morgan fingerprint density at radius 1 is 1.32 bits per heavy atom. The van der Waals surface area contributed by atoms with Crippen LogP contribution in [0.4, 0.5) is 4.79 Å². The third-order valence-corrected chi connectivity index (χ3v) is 4.69. The van der Waals surface area contributed by atoms with E-state index in [1.807, 2.05) is 0 Å². The van der Waals surface area contributed by atoms with E-state index in [0.717, 1.165) is 11.8 Å². The summed E-state index contributed by atoms with van der Waals surface area (Å²) in [5.74, 6) is 0.679. The zero-order valence-electron chi connectivity index (χ0n) is 11.9. The number of rotatable bonds is 3. The molecule has 7 heteroatoms. The van der Waals surface area contributed by atoms with Gasteiger partial charge in [-0.3, -0.25) is 19.3 Å². The van der Waals surface area contributed by atoms with E-state index >= 15 is 0 Å². The van der Waals surface area contributed by atoms with Crippen molar-refractivity contribution in [2.75, 3.05) is 18.8 Å². The quantitative estimate of drug-likeness (QED) is 0.796. The predicted octanol–water partition coefficient (Wildman–Crippen LogP) is 1.98. The van der Waals surface area contributed by atoms with Gasteiger partial charge in [0.15, 0.2) is 0 Å². The van der Waals surface area contributed by atoms with Crippen LogP contribution < -0.4 is 0 Å². The molecule has 3 heterocycles. The molecular weight excluding hydrogens is 304 g/mol. The van der Waals surface area contributed by atoms with Crippen LogP contribution in [-0.4, -0.2) is 51.7 Å². The number of nitrogens with zero attached hydrogens (tertiary/aromatic N) is 2. The molecule has 2 saturated heterocycles. The van der Waals surface area contributed by atoms with Crippen LogP contribution in [-0.2, 0) is 9.59 Å². The highest BCUT2D eigenvalue weighted by Crippen LogP contribution is 2.26. The van der Waals surface area contributed by atoms with E-state index in [0.29, 0.717) is 31.7 Å². The van der Waals surface area contributed by atoms with E-state index in [1.54, 1.807) is 29.4 Å². The number of furan rings is 1. The lowest BCUT2D eigenvalue weighted by atomic mass is 10.0. The molecule has 0 aromatic carbocycles. The largest absolute Gasteiger partial charge is 0.465 e. The van der Waals surface area contributed by atoms with Crippen LogP contribution in [0.2, 0.25) is 0 Å². The Bertz CT molecular complexity index is 587. The first-order valence-corrected chi connectivity index (χ1v) is 8.13. The van der Waals surface area contributed by atoms with E-state index in [1.165, 1.54) is 11.0 Å². The number of hydrogen-bond acceptors (Lipinski definition) is 5. The third kappa shape index (κ3) is 3.09. The van der Waals surface area contributed by atoms with Gasteiger partial charge in [0.1, 0.15) is 5.76 Å². The highest BCUT2D eigenvalue weighted by Gasteiger charge is 2.37. The minimum atomic E-state index is -0.160. The minimum Gasteiger partial charge on any atom is -0.465 e. The Hall–Kier alpha value is -2.02. The molecule has 0 spiro atoms. The van der Waals surface area contributed by atoms with Gasteiger partial charge in [0.25, 0.3) is 5.24 Å². The fraction of sp³-hybridized carbons (Fsp3) is 0.400. The normalized spacial score (nSPS) is 20.4. The van der Waals surface area contributed by atoms with Crippen molar-refractivity contribution in [2.24, 2.45) is 0 Å². The van der Waals surface area contributed by atoms with Crippen LogP contribution in [0.1, 0.15) is 18.6 Å². The first kappa shape index (κ1) is 14.9. The Morgan fingerprint density at radius 3 is 2.68 bits per heavy atom. The fourth-order valence-electron chi connectivity index (χ4n) is 2.71. The molecule has 3 rings (SSSR count). The number of piperidine rings is 1. The topological polar surface area (TPSA) is 70.8 Å².